The Hall–Kier alpha value is -1.54. The molecule has 8 heteroatoms. The Balaban J connectivity index is 1.66. The number of piperazine rings is 1. The lowest BCUT2D eigenvalue weighted by Crippen LogP contribution is -2.52. The van der Waals surface area contributed by atoms with Crippen LogP contribution in [0.2, 0.25) is 0 Å². The second-order valence-electron chi connectivity index (χ2n) is 6.01. The largest absolute Gasteiger partial charge is 0.327 e. The number of rotatable bonds is 4. The van der Waals surface area contributed by atoms with Gasteiger partial charge in [-0.3, -0.25) is 14.6 Å². The highest BCUT2D eigenvalue weighted by Gasteiger charge is 2.46. The SMILES string of the molecule is CCN1C(=O)C2CN(Cc3nc(C(C)C)ns3)CCN2C1=O. The minimum atomic E-state index is -0.335. The molecule has 22 heavy (non-hydrogen) atoms. The molecule has 0 saturated carbocycles. The van der Waals surface area contributed by atoms with Gasteiger partial charge in [-0.2, -0.15) is 4.37 Å². The molecule has 0 radical (unpaired) electrons. The topological polar surface area (TPSA) is 69.6 Å². The maximum absolute atomic E-state index is 12.3. The molecular formula is C14H21N5O2S. The number of carbonyl (C=O) groups is 2. The molecule has 0 aliphatic carbocycles. The van der Waals surface area contributed by atoms with Gasteiger partial charge in [0.05, 0.1) is 6.54 Å². The van der Waals surface area contributed by atoms with Crippen LogP contribution in [-0.2, 0) is 11.3 Å². The lowest BCUT2D eigenvalue weighted by molar-refractivity contribution is -0.129. The average Bonchev–Trinajstić information content (AvgIpc) is 3.04. The lowest BCUT2D eigenvalue weighted by atomic mass is 10.2. The second kappa shape index (κ2) is 5.92. The molecule has 120 valence electrons. The highest BCUT2D eigenvalue weighted by molar-refractivity contribution is 7.05. The molecule has 0 spiro atoms. The van der Waals surface area contributed by atoms with Gasteiger partial charge in [-0.25, -0.2) is 9.78 Å². The van der Waals surface area contributed by atoms with E-state index in [2.05, 4.69) is 28.1 Å². The van der Waals surface area contributed by atoms with Crippen molar-refractivity contribution in [1.29, 1.82) is 0 Å². The summed E-state index contributed by atoms with van der Waals surface area (Å²) in [5.41, 5.74) is 0. The van der Waals surface area contributed by atoms with E-state index < -0.39 is 0 Å². The van der Waals surface area contributed by atoms with Crippen LogP contribution in [-0.4, -0.2) is 68.2 Å². The molecule has 0 N–H and O–H groups in total. The Morgan fingerprint density at radius 2 is 2.09 bits per heavy atom. The zero-order valence-electron chi connectivity index (χ0n) is 13.2. The molecule has 1 aromatic rings. The highest BCUT2D eigenvalue weighted by Crippen LogP contribution is 2.23. The molecule has 1 unspecified atom stereocenters. The fourth-order valence-electron chi connectivity index (χ4n) is 2.90. The summed E-state index contributed by atoms with van der Waals surface area (Å²) in [5.74, 6) is 1.13. The zero-order valence-corrected chi connectivity index (χ0v) is 14.0. The number of nitrogens with zero attached hydrogens (tertiary/aromatic N) is 5. The lowest BCUT2D eigenvalue weighted by Gasteiger charge is -2.34. The Morgan fingerprint density at radius 3 is 2.73 bits per heavy atom. The fourth-order valence-corrected chi connectivity index (χ4v) is 3.73. The van der Waals surface area contributed by atoms with Crippen LogP contribution in [0.4, 0.5) is 4.79 Å². The molecule has 7 nitrogen and oxygen atoms in total. The van der Waals surface area contributed by atoms with Gasteiger partial charge in [0.25, 0.3) is 5.91 Å². The van der Waals surface area contributed by atoms with Crippen LogP contribution in [0, 0.1) is 0 Å². The van der Waals surface area contributed by atoms with Gasteiger partial charge in [-0.05, 0) is 18.5 Å². The summed E-state index contributed by atoms with van der Waals surface area (Å²) in [5, 5.41) is 0.973. The van der Waals surface area contributed by atoms with E-state index in [9.17, 15) is 9.59 Å². The van der Waals surface area contributed by atoms with Crippen molar-refractivity contribution in [2.75, 3.05) is 26.2 Å². The number of fused-ring (bicyclic) bond motifs is 1. The monoisotopic (exact) mass is 323 g/mol. The zero-order chi connectivity index (χ0) is 15.9. The standard InChI is InChI=1S/C14H21N5O2S/c1-4-18-13(20)10-7-17(5-6-19(10)14(18)21)8-11-15-12(9(2)3)16-22-11/h9-10H,4-8H2,1-3H3. The Morgan fingerprint density at radius 1 is 1.32 bits per heavy atom. The molecule has 0 aromatic carbocycles. The predicted molar refractivity (Wildman–Crippen MR) is 82.6 cm³/mol. The summed E-state index contributed by atoms with van der Waals surface area (Å²) >= 11 is 1.42. The highest BCUT2D eigenvalue weighted by atomic mass is 32.1. The maximum Gasteiger partial charge on any atom is 0.327 e. The summed E-state index contributed by atoms with van der Waals surface area (Å²) in [6.07, 6.45) is 0. The molecule has 2 aliphatic heterocycles. The van der Waals surface area contributed by atoms with Crippen LogP contribution in [0.1, 0.15) is 37.5 Å². The normalized spacial score (nSPS) is 22.8. The molecule has 1 aromatic heterocycles. The van der Waals surface area contributed by atoms with E-state index in [0.717, 1.165) is 17.4 Å². The van der Waals surface area contributed by atoms with E-state index in [1.165, 1.54) is 16.4 Å². The number of amides is 3. The van der Waals surface area contributed by atoms with E-state index in [1.54, 1.807) is 4.90 Å². The van der Waals surface area contributed by atoms with Crippen molar-refractivity contribution in [3.8, 4) is 0 Å². The third-order valence-corrected chi connectivity index (χ3v) is 4.88. The molecule has 0 bridgehead atoms. The van der Waals surface area contributed by atoms with Gasteiger partial charge in [0.15, 0.2) is 0 Å². The van der Waals surface area contributed by atoms with E-state index >= 15 is 0 Å². The van der Waals surface area contributed by atoms with Crippen molar-refractivity contribution in [2.45, 2.75) is 39.3 Å². The van der Waals surface area contributed by atoms with Crippen molar-refractivity contribution >= 4 is 23.5 Å². The van der Waals surface area contributed by atoms with Gasteiger partial charge < -0.3 is 4.90 Å². The number of hydrogen-bond acceptors (Lipinski definition) is 6. The average molecular weight is 323 g/mol. The van der Waals surface area contributed by atoms with Crippen molar-refractivity contribution < 1.29 is 9.59 Å². The van der Waals surface area contributed by atoms with Gasteiger partial charge in [0.2, 0.25) is 0 Å². The first-order chi connectivity index (χ1) is 10.5. The molecule has 3 rings (SSSR count). The summed E-state index contributed by atoms with van der Waals surface area (Å²) in [4.78, 5) is 34.2. The molecule has 3 heterocycles. The number of urea groups is 1. The Kier molecular flexibility index (Phi) is 4.14. The quantitative estimate of drug-likeness (QED) is 0.777. The van der Waals surface area contributed by atoms with Crippen LogP contribution < -0.4 is 0 Å². The number of likely N-dealkylation sites (N-methyl/N-ethyl adjacent to an activating group) is 1. The summed E-state index contributed by atoms with van der Waals surface area (Å²) in [6.45, 7) is 9.07. The van der Waals surface area contributed by atoms with Crippen LogP contribution in [0.15, 0.2) is 0 Å². The molecule has 2 fully saturated rings. The van der Waals surface area contributed by atoms with Gasteiger partial charge in [0, 0.05) is 32.1 Å². The van der Waals surface area contributed by atoms with E-state index in [-0.39, 0.29) is 18.0 Å². The first kappa shape index (κ1) is 15.4. The second-order valence-corrected chi connectivity index (χ2v) is 6.85. The van der Waals surface area contributed by atoms with E-state index in [4.69, 9.17) is 0 Å². The molecule has 1 atom stereocenters. The summed E-state index contributed by atoms with van der Waals surface area (Å²) < 4.78 is 4.36. The fraction of sp³-hybridized carbons (Fsp3) is 0.714. The van der Waals surface area contributed by atoms with Crippen LogP contribution >= 0.6 is 11.5 Å². The third kappa shape index (κ3) is 2.61. The third-order valence-electron chi connectivity index (χ3n) is 4.17. The van der Waals surface area contributed by atoms with Crippen LogP contribution in [0.25, 0.3) is 0 Å². The molecular weight excluding hydrogens is 302 g/mol. The van der Waals surface area contributed by atoms with Gasteiger partial charge in [-0.15, -0.1) is 0 Å². The predicted octanol–water partition coefficient (Wildman–Crippen LogP) is 1.13. The van der Waals surface area contributed by atoms with Gasteiger partial charge in [-0.1, -0.05) is 13.8 Å². The smallest absolute Gasteiger partial charge is 0.310 e. The summed E-state index contributed by atoms with van der Waals surface area (Å²) in [7, 11) is 0. The molecule has 2 saturated heterocycles. The minimum Gasteiger partial charge on any atom is -0.310 e. The van der Waals surface area contributed by atoms with Crippen molar-refractivity contribution in [3.63, 3.8) is 0 Å². The first-order valence-corrected chi connectivity index (χ1v) is 8.45. The van der Waals surface area contributed by atoms with E-state index in [1.807, 2.05) is 6.92 Å². The maximum atomic E-state index is 12.3. The number of imide groups is 1. The van der Waals surface area contributed by atoms with Crippen LogP contribution in [0.3, 0.4) is 0 Å². The van der Waals surface area contributed by atoms with Gasteiger partial charge in [0.1, 0.15) is 16.9 Å². The van der Waals surface area contributed by atoms with Crippen molar-refractivity contribution in [2.24, 2.45) is 0 Å². The first-order valence-electron chi connectivity index (χ1n) is 7.68. The van der Waals surface area contributed by atoms with E-state index in [0.29, 0.717) is 32.1 Å². The Labute approximate surface area is 134 Å². The number of hydrogen-bond donors (Lipinski definition) is 0. The van der Waals surface area contributed by atoms with Crippen LogP contribution in [0.5, 0.6) is 0 Å². The summed E-state index contributed by atoms with van der Waals surface area (Å²) in [6, 6.07) is -0.478. The van der Waals surface area contributed by atoms with Crippen molar-refractivity contribution in [3.05, 3.63) is 10.8 Å². The Bertz CT molecular complexity index is 588. The molecule has 3 amide bonds. The minimum absolute atomic E-state index is 0.0719. The van der Waals surface area contributed by atoms with Crippen molar-refractivity contribution in [1.82, 2.24) is 24.1 Å². The van der Waals surface area contributed by atoms with Gasteiger partial charge >= 0.3 is 6.03 Å². The number of aromatic nitrogens is 2. The number of carbonyl (C=O) groups excluding carboxylic acids is 2. The molecule has 2 aliphatic rings.